The van der Waals surface area contributed by atoms with E-state index in [1.807, 2.05) is 17.5 Å². The lowest BCUT2D eigenvalue weighted by Gasteiger charge is -2.33. The fraction of sp³-hybridized carbons (Fsp3) is 0.538. The average Bonchev–Trinajstić information content (AvgIpc) is 2.92. The molecule has 1 aromatic heterocycles. The van der Waals surface area contributed by atoms with Gasteiger partial charge in [-0.2, -0.15) is 0 Å². The molecule has 1 fully saturated rings. The predicted molar refractivity (Wildman–Crippen MR) is 78.6 cm³/mol. The van der Waals surface area contributed by atoms with Crippen molar-refractivity contribution in [3.8, 4) is 0 Å². The molecule has 110 valence electrons. The Bertz CT molecular complexity index is 449. The van der Waals surface area contributed by atoms with Crippen LogP contribution in [0.5, 0.6) is 0 Å². The molecule has 1 atom stereocenters. The van der Waals surface area contributed by atoms with Gasteiger partial charge in [0.2, 0.25) is 5.91 Å². The third kappa shape index (κ3) is 4.59. The van der Waals surface area contributed by atoms with Crippen LogP contribution in [0, 0.1) is 0 Å². The highest BCUT2D eigenvalue weighted by molar-refractivity contribution is 7.09. The fourth-order valence-corrected chi connectivity index (χ4v) is 2.74. The zero-order valence-corrected chi connectivity index (χ0v) is 12.3. The Morgan fingerprint density at radius 2 is 2.40 bits per heavy atom. The van der Waals surface area contributed by atoms with Crippen LogP contribution in [-0.4, -0.2) is 49.1 Å². The first-order valence-corrected chi connectivity index (χ1v) is 7.58. The number of amides is 3. The van der Waals surface area contributed by atoms with E-state index in [2.05, 4.69) is 27.8 Å². The second-order valence-electron chi connectivity index (χ2n) is 4.83. The van der Waals surface area contributed by atoms with Gasteiger partial charge in [0.15, 0.2) is 0 Å². The average molecular weight is 296 g/mol. The van der Waals surface area contributed by atoms with Crippen LogP contribution in [0.2, 0.25) is 0 Å². The summed E-state index contributed by atoms with van der Waals surface area (Å²) in [5, 5.41) is 10.3. The Morgan fingerprint density at radius 3 is 3.10 bits per heavy atom. The summed E-state index contributed by atoms with van der Waals surface area (Å²) in [4.78, 5) is 26.5. The van der Waals surface area contributed by atoms with Gasteiger partial charge in [0.1, 0.15) is 0 Å². The molecule has 20 heavy (non-hydrogen) atoms. The maximum absolute atomic E-state index is 11.8. The number of thiophene rings is 1. The highest BCUT2D eigenvalue weighted by Gasteiger charge is 2.20. The van der Waals surface area contributed by atoms with Crippen molar-refractivity contribution in [3.63, 3.8) is 0 Å². The summed E-state index contributed by atoms with van der Waals surface area (Å²) in [5.74, 6) is -0.262. The van der Waals surface area contributed by atoms with Crippen molar-refractivity contribution in [1.82, 2.24) is 20.9 Å². The van der Waals surface area contributed by atoms with Crippen molar-refractivity contribution in [2.75, 3.05) is 26.2 Å². The Morgan fingerprint density at radius 1 is 1.55 bits per heavy atom. The predicted octanol–water partition coefficient (Wildman–Crippen LogP) is 0.368. The van der Waals surface area contributed by atoms with Gasteiger partial charge in [-0.05, 0) is 18.4 Å². The summed E-state index contributed by atoms with van der Waals surface area (Å²) >= 11 is 1.57. The standard InChI is InChI=1S/C13H20N4O2S/c1-10-7-14-4-5-17(10)9-12(18)16-13(19)15-8-11-3-2-6-20-11/h2-3,6,10,14H,4-5,7-9H2,1H3,(H2,15,16,18,19)/t10-/m1/s1. The first-order chi connectivity index (χ1) is 9.65. The molecule has 1 saturated heterocycles. The van der Waals surface area contributed by atoms with Crippen molar-refractivity contribution < 1.29 is 9.59 Å². The zero-order chi connectivity index (χ0) is 14.4. The quantitative estimate of drug-likeness (QED) is 0.750. The lowest BCUT2D eigenvalue weighted by molar-refractivity contribution is -0.121. The maximum atomic E-state index is 11.8. The van der Waals surface area contributed by atoms with E-state index in [4.69, 9.17) is 0 Å². The minimum Gasteiger partial charge on any atom is -0.333 e. The molecule has 0 radical (unpaired) electrons. The molecule has 1 aliphatic heterocycles. The first-order valence-electron chi connectivity index (χ1n) is 6.70. The molecule has 1 aromatic rings. The lowest BCUT2D eigenvalue weighted by atomic mass is 10.2. The number of carbonyl (C=O) groups excluding carboxylic acids is 2. The van der Waals surface area contributed by atoms with Crippen molar-refractivity contribution in [2.45, 2.75) is 19.5 Å². The normalized spacial score (nSPS) is 19.6. The minimum atomic E-state index is -0.439. The summed E-state index contributed by atoms with van der Waals surface area (Å²) in [5.41, 5.74) is 0. The minimum absolute atomic E-state index is 0.259. The topological polar surface area (TPSA) is 73.5 Å². The van der Waals surface area contributed by atoms with Crippen molar-refractivity contribution in [1.29, 1.82) is 0 Å². The number of hydrogen-bond donors (Lipinski definition) is 3. The van der Waals surface area contributed by atoms with Gasteiger partial charge in [0.25, 0.3) is 0 Å². The summed E-state index contributed by atoms with van der Waals surface area (Å²) in [6.07, 6.45) is 0. The van der Waals surface area contributed by atoms with E-state index in [1.54, 1.807) is 11.3 Å². The Kier molecular flexibility index (Phi) is 5.51. The molecular weight excluding hydrogens is 276 g/mol. The molecule has 2 heterocycles. The highest BCUT2D eigenvalue weighted by atomic mass is 32.1. The van der Waals surface area contributed by atoms with Crippen LogP contribution in [0.1, 0.15) is 11.8 Å². The third-order valence-corrected chi connectivity index (χ3v) is 4.12. The molecule has 7 heteroatoms. The van der Waals surface area contributed by atoms with Crippen molar-refractivity contribution in [2.24, 2.45) is 0 Å². The van der Waals surface area contributed by atoms with E-state index >= 15 is 0 Å². The molecule has 0 bridgehead atoms. The van der Waals surface area contributed by atoms with E-state index < -0.39 is 6.03 Å². The van der Waals surface area contributed by atoms with Crippen molar-refractivity contribution in [3.05, 3.63) is 22.4 Å². The van der Waals surface area contributed by atoms with Gasteiger partial charge in [0, 0.05) is 30.6 Å². The number of urea groups is 1. The van der Waals surface area contributed by atoms with Gasteiger partial charge in [0.05, 0.1) is 13.1 Å². The summed E-state index contributed by atoms with van der Waals surface area (Å²) in [6, 6.07) is 3.74. The summed E-state index contributed by atoms with van der Waals surface area (Å²) in [6.45, 7) is 5.35. The molecule has 6 nitrogen and oxygen atoms in total. The molecule has 1 aliphatic rings. The monoisotopic (exact) mass is 296 g/mol. The van der Waals surface area contributed by atoms with Crippen LogP contribution in [-0.2, 0) is 11.3 Å². The molecule has 0 aliphatic carbocycles. The van der Waals surface area contributed by atoms with E-state index in [9.17, 15) is 9.59 Å². The van der Waals surface area contributed by atoms with Crippen LogP contribution in [0.3, 0.4) is 0 Å². The SMILES string of the molecule is C[C@@H]1CNCCN1CC(=O)NC(=O)NCc1cccs1. The third-order valence-electron chi connectivity index (χ3n) is 3.24. The van der Waals surface area contributed by atoms with Crippen LogP contribution < -0.4 is 16.0 Å². The molecule has 0 unspecified atom stereocenters. The van der Waals surface area contributed by atoms with Crippen molar-refractivity contribution >= 4 is 23.3 Å². The fourth-order valence-electron chi connectivity index (χ4n) is 2.09. The van der Waals surface area contributed by atoms with Gasteiger partial charge >= 0.3 is 6.03 Å². The number of nitrogens with one attached hydrogen (secondary N) is 3. The van der Waals surface area contributed by atoms with Crippen LogP contribution in [0.4, 0.5) is 4.79 Å². The van der Waals surface area contributed by atoms with Gasteiger partial charge < -0.3 is 10.6 Å². The Hall–Kier alpha value is -1.44. The summed E-state index contributed by atoms with van der Waals surface area (Å²) in [7, 11) is 0. The van der Waals surface area contributed by atoms with Gasteiger partial charge in [-0.15, -0.1) is 11.3 Å². The number of imide groups is 1. The number of rotatable bonds is 4. The van der Waals surface area contributed by atoms with E-state index in [0.29, 0.717) is 12.6 Å². The number of nitrogens with zero attached hydrogens (tertiary/aromatic N) is 1. The number of hydrogen-bond acceptors (Lipinski definition) is 5. The second-order valence-corrected chi connectivity index (χ2v) is 5.87. The maximum Gasteiger partial charge on any atom is 0.321 e. The van der Waals surface area contributed by atoms with Gasteiger partial charge in [-0.1, -0.05) is 6.07 Å². The van der Waals surface area contributed by atoms with E-state index in [1.165, 1.54) is 0 Å². The largest absolute Gasteiger partial charge is 0.333 e. The van der Waals surface area contributed by atoms with Crippen LogP contribution in [0.15, 0.2) is 17.5 Å². The van der Waals surface area contributed by atoms with E-state index in [-0.39, 0.29) is 12.5 Å². The highest BCUT2D eigenvalue weighted by Crippen LogP contribution is 2.07. The number of piperazine rings is 1. The smallest absolute Gasteiger partial charge is 0.321 e. The Labute approximate surface area is 122 Å². The van der Waals surface area contributed by atoms with Crippen LogP contribution >= 0.6 is 11.3 Å². The number of carbonyl (C=O) groups is 2. The summed E-state index contributed by atoms with van der Waals surface area (Å²) < 4.78 is 0. The van der Waals surface area contributed by atoms with Gasteiger partial charge in [-0.25, -0.2) is 4.79 Å². The molecule has 0 saturated carbocycles. The molecule has 0 spiro atoms. The molecule has 0 aromatic carbocycles. The second kappa shape index (κ2) is 7.37. The molecule has 3 amide bonds. The molecule has 3 N–H and O–H groups in total. The Balaban J connectivity index is 1.69. The van der Waals surface area contributed by atoms with E-state index in [0.717, 1.165) is 24.5 Å². The van der Waals surface area contributed by atoms with Crippen LogP contribution in [0.25, 0.3) is 0 Å². The molecule has 2 rings (SSSR count). The zero-order valence-electron chi connectivity index (χ0n) is 11.5. The lowest BCUT2D eigenvalue weighted by Crippen LogP contribution is -2.53. The first kappa shape index (κ1) is 15.0. The molecular formula is C13H20N4O2S. The van der Waals surface area contributed by atoms with Gasteiger partial charge in [-0.3, -0.25) is 15.0 Å².